The van der Waals surface area contributed by atoms with Crippen LogP contribution in [0.2, 0.25) is 0 Å². The number of amides is 1. The Kier molecular flexibility index (Phi) is 6.10. The monoisotopic (exact) mass is 360 g/mol. The van der Waals surface area contributed by atoms with Crippen LogP contribution in [-0.4, -0.2) is 35.1 Å². The van der Waals surface area contributed by atoms with Crippen molar-refractivity contribution in [2.75, 3.05) is 18.5 Å². The molecule has 2 aromatic rings. The maximum Gasteiger partial charge on any atom is 0.335 e. The van der Waals surface area contributed by atoms with Crippen molar-refractivity contribution in [2.45, 2.75) is 6.92 Å². The number of carboxylic acids is 1. The number of hydrogen-bond donors (Lipinski definition) is 2. The molecule has 0 spiro atoms. The average Bonchev–Trinajstić information content (AvgIpc) is 2.61. The summed E-state index contributed by atoms with van der Waals surface area (Å²) in [6.45, 7) is 1.86. The summed E-state index contributed by atoms with van der Waals surface area (Å²) in [6, 6.07) is 9.75. The molecule has 0 saturated carbocycles. The predicted octanol–water partition coefficient (Wildman–Crippen LogP) is 2.71. The van der Waals surface area contributed by atoms with E-state index in [4.69, 9.17) is 14.6 Å². The van der Waals surface area contributed by atoms with Gasteiger partial charge in [0.05, 0.1) is 17.1 Å². The quantitative estimate of drug-likeness (QED) is 0.547. The minimum atomic E-state index is -1.26. The van der Waals surface area contributed by atoms with Gasteiger partial charge in [-0.1, -0.05) is 0 Å². The van der Waals surface area contributed by atoms with E-state index in [0.29, 0.717) is 18.0 Å². The standard InChI is InChI=1S/C17H16N2O7/c1-2-25-13-6-4-12(5-7-13)18-16(20)10-26-15-9-11(17(21)22)3-8-14(15)19(23)24/h3-9H,2,10H2,1H3,(H,18,20)(H,21,22). The Morgan fingerprint density at radius 2 is 1.85 bits per heavy atom. The fourth-order valence-corrected chi connectivity index (χ4v) is 2.06. The van der Waals surface area contributed by atoms with Gasteiger partial charge in [0.15, 0.2) is 12.4 Å². The number of benzene rings is 2. The molecule has 0 radical (unpaired) electrons. The second-order valence-corrected chi connectivity index (χ2v) is 5.04. The number of hydrogen-bond acceptors (Lipinski definition) is 6. The summed E-state index contributed by atoms with van der Waals surface area (Å²) in [6.07, 6.45) is 0. The van der Waals surface area contributed by atoms with Crippen LogP contribution in [0.25, 0.3) is 0 Å². The van der Waals surface area contributed by atoms with E-state index < -0.39 is 29.1 Å². The van der Waals surface area contributed by atoms with Gasteiger partial charge in [0.2, 0.25) is 0 Å². The Morgan fingerprint density at radius 1 is 1.15 bits per heavy atom. The second kappa shape index (κ2) is 8.47. The van der Waals surface area contributed by atoms with Crippen molar-refractivity contribution in [3.63, 3.8) is 0 Å². The number of rotatable bonds is 8. The number of carbonyl (C=O) groups excluding carboxylic acids is 1. The first kappa shape index (κ1) is 18.7. The van der Waals surface area contributed by atoms with Crippen LogP contribution in [0.1, 0.15) is 17.3 Å². The normalized spacial score (nSPS) is 10.0. The molecule has 0 aliphatic carbocycles. The summed E-state index contributed by atoms with van der Waals surface area (Å²) >= 11 is 0. The summed E-state index contributed by atoms with van der Waals surface area (Å²) < 4.78 is 10.4. The zero-order valence-electron chi connectivity index (χ0n) is 13.8. The molecular formula is C17H16N2O7. The minimum Gasteiger partial charge on any atom is -0.494 e. The number of aromatic carboxylic acids is 1. The van der Waals surface area contributed by atoms with Gasteiger partial charge >= 0.3 is 11.7 Å². The van der Waals surface area contributed by atoms with Crippen LogP contribution in [-0.2, 0) is 4.79 Å². The topological polar surface area (TPSA) is 128 Å². The zero-order valence-corrected chi connectivity index (χ0v) is 13.8. The summed E-state index contributed by atoms with van der Waals surface area (Å²) in [7, 11) is 0. The first-order valence-corrected chi connectivity index (χ1v) is 7.58. The third-order valence-electron chi connectivity index (χ3n) is 3.21. The maximum absolute atomic E-state index is 11.9. The van der Waals surface area contributed by atoms with Gasteiger partial charge in [-0.05, 0) is 37.3 Å². The molecule has 1 amide bonds. The molecule has 0 unspecified atom stereocenters. The average molecular weight is 360 g/mol. The van der Waals surface area contributed by atoms with Crippen LogP contribution in [0.4, 0.5) is 11.4 Å². The summed E-state index contributed by atoms with van der Waals surface area (Å²) in [5, 5.41) is 22.5. The molecule has 26 heavy (non-hydrogen) atoms. The highest BCUT2D eigenvalue weighted by Crippen LogP contribution is 2.28. The lowest BCUT2D eigenvalue weighted by molar-refractivity contribution is -0.385. The van der Waals surface area contributed by atoms with Crippen LogP contribution in [0.3, 0.4) is 0 Å². The van der Waals surface area contributed by atoms with Gasteiger partial charge in [0.1, 0.15) is 5.75 Å². The molecule has 0 bridgehead atoms. The number of nitro benzene ring substituents is 1. The second-order valence-electron chi connectivity index (χ2n) is 5.04. The molecule has 9 heteroatoms. The van der Waals surface area contributed by atoms with Crippen molar-refractivity contribution < 1.29 is 29.1 Å². The Hall–Kier alpha value is -3.62. The van der Waals surface area contributed by atoms with Crippen molar-refractivity contribution in [3.8, 4) is 11.5 Å². The number of carbonyl (C=O) groups is 2. The number of carboxylic acid groups (broad SMARTS) is 1. The lowest BCUT2D eigenvalue weighted by Gasteiger charge is -2.09. The van der Waals surface area contributed by atoms with Gasteiger partial charge in [-0.25, -0.2) is 4.79 Å². The third-order valence-corrected chi connectivity index (χ3v) is 3.21. The van der Waals surface area contributed by atoms with E-state index in [1.807, 2.05) is 6.92 Å². The van der Waals surface area contributed by atoms with E-state index in [-0.39, 0.29) is 11.3 Å². The van der Waals surface area contributed by atoms with Crippen molar-refractivity contribution in [1.82, 2.24) is 0 Å². The maximum atomic E-state index is 11.9. The van der Waals surface area contributed by atoms with Gasteiger partial charge < -0.3 is 19.9 Å². The lowest BCUT2D eigenvalue weighted by Crippen LogP contribution is -2.20. The fourth-order valence-electron chi connectivity index (χ4n) is 2.06. The molecule has 0 aliphatic heterocycles. The van der Waals surface area contributed by atoms with Crippen LogP contribution in [0.5, 0.6) is 11.5 Å². The van der Waals surface area contributed by atoms with Crippen molar-refractivity contribution >= 4 is 23.3 Å². The predicted molar refractivity (Wildman–Crippen MR) is 91.8 cm³/mol. The molecule has 9 nitrogen and oxygen atoms in total. The van der Waals surface area contributed by atoms with E-state index in [9.17, 15) is 19.7 Å². The van der Waals surface area contributed by atoms with Crippen LogP contribution in [0, 0.1) is 10.1 Å². The van der Waals surface area contributed by atoms with Crippen LogP contribution >= 0.6 is 0 Å². The molecule has 0 atom stereocenters. The third kappa shape index (κ3) is 4.94. The minimum absolute atomic E-state index is 0.183. The molecule has 0 saturated heterocycles. The molecule has 0 heterocycles. The van der Waals surface area contributed by atoms with Gasteiger partial charge in [-0.3, -0.25) is 14.9 Å². The molecule has 2 rings (SSSR count). The van der Waals surface area contributed by atoms with Gasteiger partial charge in [0, 0.05) is 17.8 Å². The smallest absolute Gasteiger partial charge is 0.335 e. The number of anilines is 1. The van der Waals surface area contributed by atoms with Gasteiger partial charge in [0.25, 0.3) is 5.91 Å². The number of nitrogens with one attached hydrogen (secondary N) is 1. The van der Waals surface area contributed by atoms with Crippen LogP contribution < -0.4 is 14.8 Å². The summed E-state index contributed by atoms with van der Waals surface area (Å²) in [4.78, 5) is 33.2. The van der Waals surface area contributed by atoms with E-state index in [2.05, 4.69) is 5.32 Å². The Balaban J connectivity index is 2.03. The van der Waals surface area contributed by atoms with E-state index in [0.717, 1.165) is 18.2 Å². The first-order chi connectivity index (χ1) is 12.4. The van der Waals surface area contributed by atoms with E-state index in [1.165, 1.54) is 0 Å². The van der Waals surface area contributed by atoms with Crippen molar-refractivity contribution in [3.05, 3.63) is 58.1 Å². The number of nitrogens with zero attached hydrogens (tertiary/aromatic N) is 1. The number of ether oxygens (including phenoxy) is 2. The zero-order chi connectivity index (χ0) is 19.1. The van der Waals surface area contributed by atoms with E-state index >= 15 is 0 Å². The molecular weight excluding hydrogens is 344 g/mol. The fraction of sp³-hybridized carbons (Fsp3) is 0.176. The highest BCUT2D eigenvalue weighted by molar-refractivity contribution is 5.92. The molecule has 0 aliphatic rings. The molecule has 0 fully saturated rings. The first-order valence-electron chi connectivity index (χ1n) is 7.58. The Morgan fingerprint density at radius 3 is 2.42 bits per heavy atom. The molecule has 0 aromatic heterocycles. The highest BCUT2D eigenvalue weighted by atomic mass is 16.6. The Labute approximate surface area is 148 Å². The van der Waals surface area contributed by atoms with Gasteiger partial charge in [-0.2, -0.15) is 0 Å². The largest absolute Gasteiger partial charge is 0.494 e. The molecule has 136 valence electrons. The number of nitro groups is 1. The summed E-state index contributed by atoms with van der Waals surface area (Å²) in [5.41, 5.74) is -0.114. The molecule has 2 aromatic carbocycles. The van der Waals surface area contributed by atoms with Gasteiger partial charge in [-0.15, -0.1) is 0 Å². The van der Waals surface area contributed by atoms with Crippen molar-refractivity contribution in [2.24, 2.45) is 0 Å². The van der Waals surface area contributed by atoms with Crippen molar-refractivity contribution in [1.29, 1.82) is 0 Å². The summed E-state index contributed by atoms with van der Waals surface area (Å²) in [5.74, 6) is -1.45. The van der Waals surface area contributed by atoms with E-state index in [1.54, 1.807) is 24.3 Å². The SMILES string of the molecule is CCOc1ccc(NC(=O)COc2cc(C(=O)O)ccc2[N+](=O)[O-])cc1. The Bertz CT molecular complexity index is 818. The molecule has 2 N–H and O–H groups in total. The van der Waals surface area contributed by atoms with Crippen LogP contribution in [0.15, 0.2) is 42.5 Å². The lowest BCUT2D eigenvalue weighted by atomic mass is 10.2. The highest BCUT2D eigenvalue weighted by Gasteiger charge is 2.19.